The molecule has 0 aliphatic heterocycles. The van der Waals surface area contributed by atoms with Crippen LogP contribution in [0.25, 0.3) is 0 Å². The predicted octanol–water partition coefficient (Wildman–Crippen LogP) is 3.60. The summed E-state index contributed by atoms with van der Waals surface area (Å²) in [5, 5.41) is 0. The minimum absolute atomic E-state index is 0.329. The lowest BCUT2D eigenvalue weighted by Crippen LogP contribution is -2.36. The van der Waals surface area contributed by atoms with Crippen molar-refractivity contribution < 1.29 is 26.3 Å². The maximum atomic E-state index is 11.9. The van der Waals surface area contributed by atoms with E-state index in [1.807, 2.05) is 0 Å². The minimum Gasteiger partial charge on any atom is -0.300 e. The van der Waals surface area contributed by atoms with Gasteiger partial charge in [-0.05, 0) is 13.8 Å². The van der Waals surface area contributed by atoms with Gasteiger partial charge in [-0.1, -0.05) is 0 Å². The zero-order chi connectivity index (χ0) is 13.0. The molecule has 0 aromatic heterocycles. The van der Waals surface area contributed by atoms with Crippen molar-refractivity contribution in [1.29, 1.82) is 0 Å². The summed E-state index contributed by atoms with van der Waals surface area (Å²) in [6, 6.07) is -0.329. The molecule has 0 heterocycles. The molecule has 0 spiro atoms. The Morgan fingerprint density at radius 2 is 1.12 bits per heavy atom. The zero-order valence-corrected chi connectivity index (χ0v) is 9.12. The van der Waals surface area contributed by atoms with E-state index in [0.29, 0.717) is 0 Å². The fourth-order valence-electron chi connectivity index (χ4n) is 1.17. The lowest BCUT2D eigenvalue weighted by molar-refractivity contribution is -0.147. The van der Waals surface area contributed by atoms with E-state index in [0.717, 1.165) is 0 Å². The van der Waals surface area contributed by atoms with Crippen LogP contribution in [-0.4, -0.2) is 36.4 Å². The molecule has 0 amide bonds. The van der Waals surface area contributed by atoms with E-state index < -0.39 is 38.3 Å². The average molecular weight is 251 g/mol. The Bertz CT molecular complexity index is 177. The van der Waals surface area contributed by atoms with Gasteiger partial charge in [-0.3, -0.25) is 0 Å². The quantitative estimate of drug-likeness (QED) is 0.675. The van der Waals surface area contributed by atoms with Crippen molar-refractivity contribution in [3.8, 4) is 0 Å². The third kappa shape index (κ3) is 8.82. The summed E-state index contributed by atoms with van der Waals surface area (Å²) < 4.78 is 71.4. The normalized spacial score (nSPS) is 13.9. The molecule has 0 saturated carbocycles. The molecule has 0 radical (unpaired) electrons. The van der Waals surface area contributed by atoms with Crippen molar-refractivity contribution in [2.45, 2.75) is 45.1 Å². The van der Waals surface area contributed by atoms with Crippen LogP contribution in [0.1, 0.15) is 26.7 Å². The second-order valence-corrected chi connectivity index (χ2v) is 3.86. The highest BCUT2D eigenvalue weighted by Gasteiger charge is 2.31. The van der Waals surface area contributed by atoms with Gasteiger partial charge in [-0.2, -0.15) is 26.3 Å². The molecule has 0 aliphatic rings. The molecule has 0 aromatic carbocycles. The van der Waals surface area contributed by atoms with E-state index in [1.165, 1.54) is 4.90 Å². The van der Waals surface area contributed by atoms with Crippen LogP contribution in [0.4, 0.5) is 26.3 Å². The highest BCUT2D eigenvalue weighted by molar-refractivity contribution is 4.67. The maximum Gasteiger partial charge on any atom is 0.390 e. The molecule has 0 saturated heterocycles. The van der Waals surface area contributed by atoms with Gasteiger partial charge in [-0.25, -0.2) is 0 Å². The van der Waals surface area contributed by atoms with Crippen LogP contribution in [0.3, 0.4) is 0 Å². The van der Waals surface area contributed by atoms with Crippen LogP contribution >= 0.6 is 0 Å². The first-order chi connectivity index (χ1) is 7.01. The number of alkyl halides is 6. The molecule has 0 fully saturated rings. The van der Waals surface area contributed by atoms with Crippen molar-refractivity contribution in [2.75, 3.05) is 13.1 Å². The van der Waals surface area contributed by atoms with Crippen LogP contribution in [0, 0.1) is 0 Å². The molecule has 1 nitrogen and oxygen atoms in total. The Balaban J connectivity index is 4.09. The summed E-state index contributed by atoms with van der Waals surface area (Å²) in [6.45, 7) is 2.37. The van der Waals surface area contributed by atoms with E-state index in [9.17, 15) is 26.3 Å². The number of hydrogen-bond acceptors (Lipinski definition) is 1. The Labute approximate surface area is 90.4 Å². The molecule has 16 heavy (non-hydrogen) atoms. The first kappa shape index (κ1) is 15.5. The van der Waals surface area contributed by atoms with Crippen molar-refractivity contribution in [3.63, 3.8) is 0 Å². The first-order valence-electron chi connectivity index (χ1n) is 4.89. The monoisotopic (exact) mass is 251 g/mol. The number of halogens is 6. The van der Waals surface area contributed by atoms with Gasteiger partial charge in [-0.15, -0.1) is 0 Å². The van der Waals surface area contributed by atoms with E-state index in [1.54, 1.807) is 13.8 Å². The molecule has 0 unspecified atom stereocenters. The van der Waals surface area contributed by atoms with Crippen LogP contribution < -0.4 is 0 Å². The number of hydrogen-bond donors (Lipinski definition) is 0. The van der Waals surface area contributed by atoms with E-state index >= 15 is 0 Å². The maximum absolute atomic E-state index is 11.9. The van der Waals surface area contributed by atoms with Gasteiger partial charge in [0.05, 0.1) is 12.8 Å². The molecule has 0 atom stereocenters. The Kier molecular flexibility index (Phi) is 5.58. The molecule has 7 heteroatoms. The van der Waals surface area contributed by atoms with Crippen molar-refractivity contribution in [1.82, 2.24) is 4.90 Å². The Hall–Kier alpha value is -0.460. The summed E-state index contributed by atoms with van der Waals surface area (Å²) in [4.78, 5) is 1.18. The van der Waals surface area contributed by atoms with E-state index in [-0.39, 0.29) is 6.04 Å². The highest BCUT2D eigenvalue weighted by Crippen LogP contribution is 2.23. The zero-order valence-electron chi connectivity index (χ0n) is 9.12. The first-order valence-corrected chi connectivity index (χ1v) is 4.89. The lowest BCUT2D eigenvalue weighted by Gasteiger charge is -2.27. The summed E-state index contributed by atoms with van der Waals surface area (Å²) >= 11 is 0. The largest absolute Gasteiger partial charge is 0.390 e. The third-order valence-electron chi connectivity index (χ3n) is 2.10. The van der Waals surface area contributed by atoms with Crippen molar-refractivity contribution in [3.05, 3.63) is 0 Å². The summed E-state index contributed by atoms with van der Waals surface area (Å²) in [7, 11) is 0. The fraction of sp³-hybridized carbons (Fsp3) is 1.00. The molecule has 0 rings (SSSR count). The van der Waals surface area contributed by atoms with Gasteiger partial charge in [0.25, 0.3) is 0 Å². The summed E-state index contributed by atoms with van der Waals surface area (Å²) in [6.07, 6.45) is -10.8. The molecule has 0 aliphatic carbocycles. The smallest absolute Gasteiger partial charge is 0.300 e. The van der Waals surface area contributed by atoms with Crippen LogP contribution in [-0.2, 0) is 0 Å². The standard InChI is InChI=1S/C9H15F6N/c1-7(2)16(5-3-8(10,11)12)6-4-9(13,14)15/h7H,3-6H2,1-2H3. The van der Waals surface area contributed by atoms with E-state index in [2.05, 4.69) is 0 Å². The SMILES string of the molecule is CC(C)N(CCC(F)(F)F)CCC(F)(F)F. The van der Waals surface area contributed by atoms with Gasteiger partial charge in [0.15, 0.2) is 0 Å². The molecule has 0 aromatic rings. The summed E-state index contributed by atoms with van der Waals surface area (Å²) in [5.74, 6) is 0. The lowest BCUT2D eigenvalue weighted by atomic mass is 10.2. The molecule has 98 valence electrons. The number of rotatable bonds is 5. The highest BCUT2D eigenvalue weighted by atomic mass is 19.4. The number of nitrogens with zero attached hydrogens (tertiary/aromatic N) is 1. The molecule has 0 N–H and O–H groups in total. The van der Waals surface area contributed by atoms with Gasteiger partial charge >= 0.3 is 12.4 Å². The van der Waals surface area contributed by atoms with Crippen LogP contribution in [0.2, 0.25) is 0 Å². The topological polar surface area (TPSA) is 3.24 Å². The fourth-order valence-corrected chi connectivity index (χ4v) is 1.17. The Morgan fingerprint density at radius 1 is 0.812 bits per heavy atom. The van der Waals surface area contributed by atoms with Crippen molar-refractivity contribution >= 4 is 0 Å². The summed E-state index contributed by atoms with van der Waals surface area (Å²) in [5.41, 5.74) is 0. The minimum atomic E-state index is -4.33. The second kappa shape index (κ2) is 5.75. The van der Waals surface area contributed by atoms with Gasteiger partial charge in [0.2, 0.25) is 0 Å². The molecule has 0 bridgehead atoms. The molecular formula is C9H15F6N. The van der Waals surface area contributed by atoms with Gasteiger partial charge in [0, 0.05) is 19.1 Å². The van der Waals surface area contributed by atoms with Gasteiger partial charge < -0.3 is 4.90 Å². The van der Waals surface area contributed by atoms with Gasteiger partial charge in [0.1, 0.15) is 0 Å². The average Bonchev–Trinajstić information content (AvgIpc) is 1.98. The van der Waals surface area contributed by atoms with Crippen molar-refractivity contribution in [2.24, 2.45) is 0 Å². The predicted molar refractivity (Wildman–Crippen MR) is 48.1 cm³/mol. The second-order valence-electron chi connectivity index (χ2n) is 3.86. The third-order valence-corrected chi connectivity index (χ3v) is 2.10. The Morgan fingerprint density at radius 3 is 1.31 bits per heavy atom. The van der Waals surface area contributed by atoms with E-state index in [4.69, 9.17) is 0 Å². The van der Waals surface area contributed by atoms with Crippen LogP contribution in [0.15, 0.2) is 0 Å². The molecular weight excluding hydrogens is 236 g/mol. The van der Waals surface area contributed by atoms with Crippen LogP contribution in [0.5, 0.6) is 0 Å².